The van der Waals surface area contributed by atoms with Crippen LogP contribution in [0.5, 0.6) is 0 Å². The van der Waals surface area contributed by atoms with Crippen LogP contribution in [0, 0.1) is 5.82 Å². The smallest absolute Gasteiger partial charge is 0.277 e. The van der Waals surface area contributed by atoms with Crippen molar-refractivity contribution in [2.45, 2.75) is 6.10 Å². The summed E-state index contributed by atoms with van der Waals surface area (Å²) in [6.07, 6.45) is -0.400. The van der Waals surface area contributed by atoms with Gasteiger partial charge in [0, 0.05) is 13.1 Å². The molecule has 2 rings (SSSR count). The van der Waals surface area contributed by atoms with Gasteiger partial charge in [-0.25, -0.2) is 9.53 Å². The summed E-state index contributed by atoms with van der Waals surface area (Å²) in [5.41, 5.74) is 0.736. The minimum Gasteiger partial charge on any atom is -0.371 e. The van der Waals surface area contributed by atoms with Gasteiger partial charge in [0.05, 0.1) is 12.7 Å². The Kier molecular flexibility index (Phi) is 3.43. The van der Waals surface area contributed by atoms with E-state index in [-0.39, 0.29) is 25.5 Å². The Hall–Kier alpha value is -1.02. The van der Waals surface area contributed by atoms with Crippen LogP contribution in [0.1, 0.15) is 11.7 Å². The van der Waals surface area contributed by atoms with Crippen LogP contribution in [0.2, 0.25) is 0 Å². The van der Waals surface area contributed by atoms with E-state index in [0.29, 0.717) is 0 Å². The van der Waals surface area contributed by atoms with Gasteiger partial charge < -0.3 is 4.74 Å². The quantitative estimate of drug-likeness (QED) is 0.836. The van der Waals surface area contributed by atoms with Crippen LogP contribution in [0.3, 0.4) is 0 Å². The van der Waals surface area contributed by atoms with E-state index in [9.17, 15) is 12.8 Å². The summed E-state index contributed by atoms with van der Waals surface area (Å²) in [5, 5.41) is 5.06. The van der Waals surface area contributed by atoms with Gasteiger partial charge in [0.1, 0.15) is 5.82 Å². The Balaban J connectivity index is 2.15. The van der Waals surface area contributed by atoms with E-state index in [2.05, 4.69) is 0 Å². The molecule has 0 saturated carbocycles. The molecule has 2 N–H and O–H groups in total. The molecule has 94 valence electrons. The Labute approximate surface area is 99.2 Å². The van der Waals surface area contributed by atoms with Crippen molar-refractivity contribution in [3.63, 3.8) is 0 Å². The van der Waals surface area contributed by atoms with Crippen molar-refractivity contribution < 1.29 is 17.5 Å². The summed E-state index contributed by atoms with van der Waals surface area (Å²) in [7, 11) is -3.70. The number of hydrogen-bond acceptors (Lipinski definition) is 3. The van der Waals surface area contributed by atoms with Crippen LogP contribution in [0.25, 0.3) is 0 Å². The molecule has 1 aliphatic rings. The fourth-order valence-corrected chi connectivity index (χ4v) is 2.41. The molecule has 0 amide bonds. The number of rotatable bonds is 2. The second-order valence-electron chi connectivity index (χ2n) is 3.81. The Bertz CT molecular complexity index is 489. The maximum Gasteiger partial charge on any atom is 0.277 e. The predicted molar refractivity (Wildman–Crippen MR) is 59.8 cm³/mol. The molecule has 1 aromatic rings. The molecule has 1 aliphatic heterocycles. The zero-order valence-electron chi connectivity index (χ0n) is 9.04. The summed E-state index contributed by atoms with van der Waals surface area (Å²) >= 11 is 0. The average Bonchev–Trinajstić information content (AvgIpc) is 2.29. The molecule has 1 fully saturated rings. The fourth-order valence-electron chi connectivity index (χ4n) is 1.74. The predicted octanol–water partition coefficient (Wildman–Crippen LogP) is 0.403. The van der Waals surface area contributed by atoms with E-state index in [1.54, 1.807) is 12.1 Å². The first kappa shape index (κ1) is 12.4. The van der Waals surface area contributed by atoms with E-state index in [4.69, 9.17) is 9.88 Å². The van der Waals surface area contributed by atoms with E-state index in [1.165, 1.54) is 12.1 Å². The number of ether oxygens (including phenoxy) is 1. The van der Waals surface area contributed by atoms with Crippen LogP contribution in [0.4, 0.5) is 4.39 Å². The summed E-state index contributed by atoms with van der Waals surface area (Å²) in [6.45, 7) is 0.680. The van der Waals surface area contributed by atoms with Crippen LogP contribution >= 0.6 is 0 Å². The van der Waals surface area contributed by atoms with Crippen molar-refractivity contribution in [1.29, 1.82) is 0 Å². The number of nitrogens with two attached hydrogens (primary N) is 1. The maximum absolute atomic E-state index is 12.8. The van der Waals surface area contributed by atoms with Gasteiger partial charge in [-0.3, -0.25) is 0 Å². The highest BCUT2D eigenvalue weighted by molar-refractivity contribution is 7.86. The topological polar surface area (TPSA) is 72.6 Å². The molecule has 1 saturated heterocycles. The molecule has 17 heavy (non-hydrogen) atoms. The van der Waals surface area contributed by atoms with Crippen LogP contribution in [0.15, 0.2) is 24.3 Å². The van der Waals surface area contributed by atoms with E-state index in [0.717, 1.165) is 9.87 Å². The Morgan fingerprint density at radius 3 is 2.59 bits per heavy atom. The summed E-state index contributed by atoms with van der Waals surface area (Å²) in [6, 6.07) is 5.78. The largest absolute Gasteiger partial charge is 0.371 e. The molecule has 1 atom stereocenters. The Morgan fingerprint density at radius 1 is 1.35 bits per heavy atom. The monoisotopic (exact) mass is 260 g/mol. The highest BCUT2D eigenvalue weighted by atomic mass is 32.2. The van der Waals surface area contributed by atoms with E-state index in [1.807, 2.05) is 0 Å². The van der Waals surface area contributed by atoms with Crippen molar-refractivity contribution >= 4 is 10.2 Å². The van der Waals surface area contributed by atoms with Crippen LogP contribution in [-0.4, -0.2) is 32.4 Å². The van der Waals surface area contributed by atoms with Crippen molar-refractivity contribution in [2.75, 3.05) is 19.7 Å². The zero-order valence-corrected chi connectivity index (χ0v) is 9.86. The third-order valence-corrected chi connectivity index (χ3v) is 3.68. The van der Waals surface area contributed by atoms with Gasteiger partial charge in [-0.2, -0.15) is 12.7 Å². The lowest BCUT2D eigenvalue weighted by Gasteiger charge is -2.31. The van der Waals surface area contributed by atoms with Gasteiger partial charge in [-0.1, -0.05) is 12.1 Å². The molecule has 0 bridgehead atoms. The van der Waals surface area contributed by atoms with E-state index >= 15 is 0 Å². The first-order valence-electron chi connectivity index (χ1n) is 5.12. The number of hydrogen-bond donors (Lipinski definition) is 1. The minimum atomic E-state index is -3.70. The normalized spacial score (nSPS) is 22.6. The van der Waals surface area contributed by atoms with E-state index < -0.39 is 16.3 Å². The second kappa shape index (κ2) is 4.69. The standard InChI is InChI=1S/C10H13FN2O3S/c11-9-3-1-8(2-4-9)10-7-13(5-6-16-10)17(12,14)15/h1-4,10H,5-7H2,(H2,12,14,15). The first-order valence-corrected chi connectivity index (χ1v) is 6.62. The zero-order chi connectivity index (χ0) is 12.5. The Morgan fingerprint density at radius 2 is 2.00 bits per heavy atom. The van der Waals surface area contributed by atoms with Crippen LogP contribution in [-0.2, 0) is 14.9 Å². The van der Waals surface area contributed by atoms with Gasteiger partial charge in [0.15, 0.2) is 0 Å². The van der Waals surface area contributed by atoms with Crippen molar-refractivity contribution in [1.82, 2.24) is 4.31 Å². The van der Waals surface area contributed by atoms with Gasteiger partial charge >= 0.3 is 0 Å². The van der Waals surface area contributed by atoms with Gasteiger partial charge in [0.2, 0.25) is 0 Å². The van der Waals surface area contributed by atoms with Crippen molar-refractivity contribution in [2.24, 2.45) is 5.14 Å². The summed E-state index contributed by atoms with van der Waals surface area (Å²) < 4.78 is 41.8. The second-order valence-corrected chi connectivity index (χ2v) is 5.36. The molecule has 0 spiro atoms. The highest BCUT2D eigenvalue weighted by Crippen LogP contribution is 2.23. The SMILES string of the molecule is NS(=O)(=O)N1CCOC(c2ccc(F)cc2)C1. The minimum absolute atomic E-state index is 0.157. The number of nitrogens with zero attached hydrogens (tertiary/aromatic N) is 1. The molecular formula is C10H13FN2O3S. The van der Waals surface area contributed by atoms with Gasteiger partial charge in [-0.15, -0.1) is 0 Å². The summed E-state index contributed by atoms with van der Waals surface area (Å²) in [5.74, 6) is -0.340. The van der Waals surface area contributed by atoms with Gasteiger partial charge in [-0.05, 0) is 17.7 Å². The third kappa shape index (κ3) is 3.01. The van der Waals surface area contributed by atoms with Crippen molar-refractivity contribution in [3.05, 3.63) is 35.6 Å². The molecule has 7 heteroatoms. The first-order chi connectivity index (χ1) is 7.97. The lowest BCUT2D eigenvalue weighted by Crippen LogP contribution is -2.45. The van der Waals surface area contributed by atoms with Gasteiger partial charge in [0.25, 0.3) is 10.2 Å². The molecule has 1 aromatic carbocycles. The summed E-state index contributed by atoms with van der Waals surface area (Å²) in [4.78, 5) is 0. The molecule has 5 nitrogen and oxygen atoms in total. The molecule has 0 aromatic heterocycles. The molecule has 0 aliphatic carbocycles. The molecule has 0 radical (unpaired) electrons. The highest BCUT2D eigenvalue weighted by Gasteiger charge is 2.27. The average molecular weight is 260 g/mol. The van der Waals surface area contributed by atoms with Crippen LogP contribution < -0.4 is 5.14 Å². The molecule has 1 heterocycles. The third-order valence-electron chi connectivity index (χ3n) is 2.63. The number of benzene rings is 1. The fraction of sp³-hybridized carbons (Fsp3) is 0.400. The number of morpholine rings is 1. The van der Waals surface area contributed by atoms with Crippen molar-refractivity contribution in [3.8, 4) is 0 Å². The lowest BCUT2D eigenvalue weighted by atomic mass is 10.1. The number of halogens is 1. The maximum atomic E-state index is 12.8. The molecular weight excluding hydrogens is 247 g/mol. The molecule has 1 unspecified atom stereocenters. The lowest BCUT2D eigenvalue weighted by molar-refractivity contribution is -0.00258.